The van der Waals surface area contributed by atoms with Crippen LogP contribution in [-0.2, 0) is 19.6 Å². The number of carbonyl (C=O) groups is 1. The quantitative estimate of drug-likeness (QED) is 0.599. The van der Waals surface area contributed by atoms with Gasteiger partial charge in [0.25, 0.3) is 0 Å². The predicted molar refractivity (Wildman–Crippen MR) is 70.1 cm³/mol. The molecule has 1 N–H and O–H groups in total. The molecule has 0 aromatic heterocycles. The first-order valence-electron chi connectivity index (χ1n) is 6.46. The maximum Gasteiger partial charge on any atom is 0.306 e. The summed E-state index contributed by atoms with van der Waals surface area (Å²) in [5, 5.41) is 8.82. The van der Waals surface area contributed by atoms with Gasteiger partial charge in [-0.05, 0) is 6.92 Å². The second kappa shape index (κ2) is 7.78. The van der Waals surface area contributed by atoms with Crippen LogP contribution in [0.15, 0.2) is 0 Å². The van der Waals surface area contributed by atoms with Gasteiger partial charge in [0, 0.05) is 32.7 Å². The zero-order valence-electron chi connectivity index (χ0n) is 11.2. The number of sulfonamides is 1. The lowest BCUT2D eigenvalue weighted by Gasteiger charge is -2.33. The molecule has 0 unspecified atom stereocenters. The molecule has 0 radical (unpaired) electrons. The average molecular weight is 294 g/mol. The van der Waals surface area contributed by atoms with Gasteiger partial charge in [-0.3, -0.25) is 9.69 Å². The Bertz CT molecular complexity index is 377. The molecule has 0 saturated carbocycles. The van der Waals surface area contributed by atoms with Gasteiger partial charge in [-0.25, -0.2) is 8.42 Å². The third-order valence-corrected chi connectivity index (χ3v) is 4.88. The largest absolute Gasteiger partial charge is 0.466 e. The molecule has 0 bridgehead atoms. The highest BCUT2D eigenvalue weighted by Crippen LogP contribution is 2.09. The lowest BCUT2D eigenvalue weighted by molar-refractivity contribution is -0.142. The Morgan fingerprint density at radius 2 is 1.89 bits per heavy atom. The minimum absolute atomic E-state index is 0.0790. The topological polar surface area (TPSA) is 87.2 Å². The van der Waals surface area contributed by atoms with Gasteiger partial charge in [-0.2, -0.15) is 4.31 Å². The van der Waals surface area contributed by atoms with Crippen LogP contribution in [-0.4, -0.2) is 80.4 Å². The number of aliphatic hydroxyl groups is 1. The fourth-order valence-corrected chi connectivity index (χ4v) is 3.35. The Morgan fingerprint density at radius 1 is 1.26 bits per heavy atom. The first kappa shape index (κ1) is 16.4. The molecule has 19 heavy (non-hydrogen) atoms. The lowest BCUT2D eigenvalue weighted by Crippen LogP contribution is -2.49. The number of β-amino-alcohol motifs (C(OH)–C–C–N with tert-alkyl or cyclic N) is 1. The van der Waals surface area contributed by atoms with Gasteiger partial charge in [0.1, 0.15) is 0 Å². The maximum absolute atomic E-state index is 12.0. The van der Waals surface area contributed by atoms with Crippen molar-refractivity contribution in [1.82, 2.24) is 9.21 Å². The molecule has 1 aliphatic heterocycles. The SMILES string of the molecule is CCOC(=O)CCS(=O)(=O)N1CCN(CCO)CC1. The van der Waals surface area contributed by atoms with Gasteiger partial charge in [-0.1, -0.05) is 0 Å². The Hall–Kier alpha value is -0.700. The Labute approximate surface area is 114 Å². The molecule has 1 saturated heterocycles. The second-order valence-corrected chi connectivity index (χ2v) is 6.42. The smallest absolute Gasteiger partial charge is 0.306 e. The molecule has 1 aliphatic rings. The highest BCUT2D eigenvalue weighted by atomic mass is 32.2. The number of ether oxygens (including phenoxy) is 1. The van der Waals surface area contributed by atoms with Crippen LogP contribution in [0.2, 0.25) is 0 Å². The van der Waals surface area contributed by atoms with Crippen LogP contribution in [0.25, 0.3) is 0 Å². The van der Waals surface area contributed by atoms with E-state index < -0.39 is 16.0 Å². The Morgan fingerprint density at radius 3 is 2.42 bits per heavy atom. The van der Waals surface area contributed by atoms with Crippen molar-refractivity contribution < 1.29 is 23.1 Å². The summed E-state index contributed by atoms with van der Waals surface area (Å²) in [5.74, 6) is -0.684. The van der Waals surface area contributed by atoms with E-state index in [0.29, 0.717) is 32.7 Å². The van der Waals surface area contributed by atoms with E-state index in [2.05, 4.69) is 0 Å². The third kappa shape index (κ3) is 5.43. The fourth-order valence-electron chi connectivity index (χ4n) is 1.95. The summed E-state index contributed by atoms with van der Waals surface area (Å²) in [6, 6.07) is 0. The number of hydrogen-bond donors (Lipinski definition) is 1. The van der Waals surface area contributed by atoms with E-state index in [1.54, 1.807) is 6.92 Å². The first-order valence-corrected chi connectivity index (χ1v) is 8.07. The average Bonchev–Trinajstić information content (AvgIpc) is 2.38. The molecular weight excluding hydrogens is 272 g/mol. The molecule has 112 valence electrons. The van der Waals surface area contributed by atoms with Crippen LogP contribution in [0.3, 0.4) is 0 Å². The van der Waals surface area contributed by atoms with Crippen molar-refractivity contribution in [2.45, 2.75) is 13.3 Å². The fraction of sp³-hybridized carbons (Fsp3) is 0.909. The maximum atomic E-state index is 12.0. The van der Waals surface area contributed by atoms with Crippen LogP contribution in [0, 0.1) is 0 Å². The normalized spacial score (nSPS) is 18.4. The molecular formula is C11H22N2O5S. The van der Waals surface area contributed by atoms with Gasteiger partial charge < -0.3 is 9.84 Å². The van der Waals surface area contributed by atoms with Crippen molar-refractivity contribution in [3.63, 3.8) is 0 Å². The number of carbonyl (C=O) groups excluding carboxylic acids is 1. The Kier molecular flexibility index (Phi) is 6.70. The van der Waals surface area contributed by atoms with Crippen LogP contribution >= 0.6 is 0 Å². The summed E-state index contributed by atoms with van der Waals surface area (Å²) in [4.78, 5) is 13.2. The van der Waals surface area contributed by atoms with Crippen molar-refractivity contribution in [2.24, 2.45) is 0 Å². The summed E-state index contributed by atoms with van der Waals surface area (Å²) in [6.07, 6.45) is -0.104. The molecule has 8 heteroatoms. The molecule has 1 heterocycles. The van der Waals surface area contributed by atoms with Crippen LogP contribution < -0.4 is 0 Å². The monoisotopic (exact) mass is 294 g/mol. The zero-order valence-corrected chi connectivity index (χ0v) is 12.1. The molecule has 7 nitrogen and oxygen atoms in total. The van der Waals surface area contributed by atoms with Crippen molar-refractivity contribution in [1.29, 1.82) is 0 Å². The summed E-state index contributed by atoms with van der Waals surface area (Å²) in [6.45, 7) is 4.63. The first-order chi connectivity index (χ1) is 8.99. The highest BCUT2D eigenvalue weighted by molar-refractivity contribution is 7.89. The summed E-state index contributed by atoms with van der Waals surface area (Å²) < 4.78 is 30.1. The van der Waals surface area contributed by atoms with Gasteiger partial charge in [0.15, 0.2) is 0 Å². The van der Waals surface area contributed by atoms with E-state index in [1.165, 1.54) is 4.31 Å². The molecule has 0 aromatic carbocycles. The van der Waals surface area contributed by atoms with E-state index in [-0.39, 0.29) is 25.4 Å². The highest BCUT2D eigenvalue weighted by Gasteiger charge is 2.27. The van der Waals surface area contributed by atoms with Crippen LogP contribution in [0.4, 0.5) is 0 Å². The second-order valence-electron chi connectivity index (χ2n) is 4.34. The molecule has 0 atom stereocenters. The van der Waals surface area contributed by atoms with E-state index in [4.69, 9.17) is 9.84 Å². The van der Waals surface area contributed by atoms with Crippen LogP contribution in [0.5, 0.6) is 0 Å². The lowest BCUT2D eigenvalue weighted by atomic mass is 10.4. The minimum atomic E-state index is -3.39. The van der Waals surface area contributed by atoms with Gasteiger partial charge >= 0.3 is 5.97 Å². The van der Waals surface area contributed by atoms with Gasteiger partial charge in [0.2, 0.25) is 10.0 Å². The Balaban J connectivity index is 2.40. The predicted octanol–water partition coefficient (Wildman–Crippen LogP) is -1.12. The number of rotatable bonds is 7. The number of hydrogen-bond acceptors (Lipinski definition) is 6. The summed E-state index contributed by atoms with van der Waals surface area (Å²) >= 11 is 0. The van der Waals surface area contributed by atoms with E-state index in [9.17, 15) is 13.2 Å². The van der Waals surface area contributed by atoms with Gasteiger partial charge in [0.05, 0.1) is 25.4 Å². The zero-order chi connectivity index (χ0) is 14.3. The number of esters is 1. The van der Waals surface area contributed by atoms with Crippen molar-refractivity contribution in [2.75, 3.05) is 51.7 Å². The molecule has 0 aliphatic carbocycles. The number of piperazine rings is 1. The molecule has 0 spiro atoms. The molecule has 1 fully saturated rings. The molecule has 1 rings (SSSR count). The van der Waals surface area contributed by atoms with Gasteiger partial charge in [-0.15, -0.1) is 0 Å². The molecule has 0 aromatic rings. The summed E-state index contributed by atoms with van der Waals surface area (Å²) in [7, 11) is -3.39. The van der Waals surface area contributed by atoms with Crippen molar-refractivity contribution in [3.8, 4) is 0 Å². The van der Waals surface area contributed by atoms with Crippen molar-refractivity contribution in [3.05, 3.63) is 0 Å². The third-order valence-electron chi connectivity index (χ3n) is 3.01. The van der Waals surface area contributed by atoms with E-state index in [1.807, 2.05) is 4.90 Å². The van der Waals surface area contributed by atoms with E-state index >= 15 is 0 Å². The molecule has 0 amide bonds. The standard InChI is InChI=1S/C11H22N2O5S/c1-2-18-11(15)3-10-19(16,17)13-6-4-12(5-7-13)8-9-14/h14H,2-10H2,1H3. The van der Waals surface area contributed by atoms with E-state index in [0.717, 1.165) is 0 Å². The number of nitrogens with zero attached hydrogens (tertiary/aromatic N) is 2. The number of aliphatic hydroxyl groups excluding tert-OH is 1. The van der Waals surface area contributed by atoms with Crippen LogP contribution in [0.1, 0.15) is 13.3 Å². The summed E-state index contributed by atoms with van der Waals surface area (Å²) in [5.41, 5.74) is 0. The minimum Gasteiger partial charge on any atom is -0.466 e. The van der Waals surface area contributed by atoms with Crippen molar-refractivity contribution >= 4 is 16.0 Å².